The number of hydrogen-bond donors (Lipinski definition) is 10. The first-order valence-corrected chi connectivity index (χ1v) is 47.4. The summed E-state index contributed by atoms with van der Waals surface area (Å²) >= 11 is 5.49. The minimum atomic E-state index is -0.566. The van der Waals surface area contributed by atoms with Crippen molar-refractivity contribution < 1.29 is 57.2 Å². The molecule has 8 aromatic carbocycles. The van der Waals surface area contributed by atoms with E-state index in [0.717, 1.165) is 119 Å². The van der Waals surface area contributed by atoms with Gasteiger partial charge in [0.25, 0.3) is 29.5 Å². The van der Waals surface area contributed by atoms with Gasteiger partial charge in [0.05, 0.1) is 108 Å². The number of anilines is 8. The minimum Gasteiger partial charge on any atom is -0.497 e. The van der Waals surface area contributed by atoms with E-state index in [0.29, 0.717) is 110 Å². The molecule has 1 atom stereocenters. The number of thiophene rings is 4. The number of amides is 7. The first-order valence-electron chi connectivity index (χ1n) is 44.2. The van der Waals surface area contributed by atoms with E-state index >= 15 is 0 Å². The van der Waals surface area contributed by atoms with Gasteiger partial charge in [-0.2, -0.15) is 0 Å². The second-order valence-corrected chi connectivity index (χ2v) is 35.4. The smallest absolute Gasteiger partial charge is 0.338 e. The summed E-state index contributed by atoms with van der Waals surface area (Å²) < 4.78 is 25.9. The number of rotatable bonds is 33. The number of methoxy groups -OCH3 is 4. The van der Waals surface area contributed by atoms with Crippen LogP contribution in [0.3, 0.4) is 0 Å². The van der Waals surface area contributed by atoms with Crippen LogP contribution in [-0.4, -0.2) is 159 Å². The molecular weight excluding hydrogens is 1850 g/mol. The van der Waals surface area contributed by atoms with Gasteiger partial charge in [-0.15, -0.1) is 45.3 Å². The van der Waals surface area contributed by atoms with Gasteiger partial charge in [0, 0.05) is 105 Å². The highest BCUT2D eigenvalue weighted by Crippen LogP contribution is 2.34. The van der Waals surface area contributed by atoms with Crippen molar-refractivity contribution >= 4 is 133 Å². The van der Waals surface area contributed by atoms with Gasteiger partial charge in [0.2, 0.25) is 23.8 Å². The first-order chi connectivity index (χ1) is 68.1. The zero-order valence-electron chi connectivity index (χ0n) is 77.3. The Morgan fingerprint density at radius 2 is 0.736 bits per heavy atom. The quantitative estimate of drug-likeness (QED) is 0.0171. The van der Waals surface area contributed by atoms with Gasteiger partial charge in [-0.05, 0) is 237 Å². The van der Waals surface area contributed by atoms with Crippen LogP contribution in [0.1, 0.15) is 107 Å². The molecule has 140 heavy (non-hydrogen) atoms. The van der Waals surface area contributed by atoms with Crippen LogP contribution >= 0.6 is 45.3 Å². The fourth-order valence-electron chi connectivity index (χ4n) is 13.8. The fourth-order valence-corrected chi connectivity index (χ4v) is 17.3. The van der Waals surface area contributed by atoms with Crippen LogP contribution in [-0.2, 0) is 30.9 Å². The number of primary amides is 1. The largest absolute Gasteiger partial charge is 0.497 e. The molecule has 0 saturated carbocycles. The SMILES string of the molecule is CCOC(=O)c1cccc(Nc2nccc(-c3ccc(C(=O)NCc4cccc(OC)c4)s3)n2)c1.COc1ccc(Nc2nccc(-c3ccc(C(=O)N[C@@H](C)c4ccccc4)s3)n2)cc1.COc1cccc(CNC(=O)c2ccc(-c3ccnc(Nc4ccc(C(=O)N5CCN(C)CC5)cc4)n3)s2)c1.COc1cccc(CNC(=O)c2ccc(-c3ccnc(Nc4ccc(CNC(N)=O)cc4)n3)s2)c1. The summed E-state index contributed by atoms with van der Waals surface area (Å²) in [5.41, 5.74) is 17.0. The Hall–Kier alpha value is -16.7. The molecule has 7 amide bonds. The van der Waals surface area contributed by atoms with Gasteiger partial charge in [0.15, 0.2) is 0 Å². The third-order valence-electron chi connectivity index (χ3n) is 21.2. The zero-order chi connectivity index (χ0) is 98.1. The molecule has 0 unspecified atom stereocenters. The van der Waals surface area contributed by atoms with Gasteiger partial charge in [-0.1, -0.05) is 84.9 Å². The Bertz CT molecular complexity index is 6900. The molecule has 1 aliphatic heterocycles. The number of carbonyl (C=O) groups excluding carboxylic acids is 7. The van der Waals surface area contributed by atoms with Gasteiger partial charge in [-0.25, -0.2) is 49.5 Å². The van der Waals surface area contributed by atoms with Crippen molar-refractivity contribution in [2.45, 2.75) is 46.1 Å². The van der Waals surface area contributed by atoms with Gasteiger partial charge in [-0.3, -0.25) is 24.0 Å². The molecule has 1 fully saturated rings. The number of benzene rings is 8. The summed E-state index contributed by atoms with van der Waals surface area (Å²) in [6.07, 6.45) is 6.68. The lowest BCUT2D eigenvalue weighted by Crippen LogP contribution is -2.47. The number of aromatic nitrogens is 8. The number of nitrogens with zero attached hydrogens (tertiary/aromatic N) is 10. The first kappa shape index (κ1) is 99.3. The number of nitrogens with one attached hydrogen (secondary N) is 9. The lowest BCUT2D eigenvalue weighted by atomic mass is 10.1. The van der Waals surface area contributed by atoms with Gasteiger partial charge in [0.1, 0.15) is 23.0 Å². The Balaban J connectivity index is 0.000000149. The maximum Gasteiger partial charge on any atom is 0.338 e. The molecule has 36 heteroatoms. The molecule has 712 valence electrons. The van der Waals surface area contributed by atoms with Crippen LogP contribution in [0.2, 0.25) is 0 Å². The van der Waals surface area contributed by atoms with Crippen molar-refractivity contribution in [3.63, 3.8) is 0 Å². The minimum absolute atomic E-state index is 0.0499. The number of piperazine rings is 1. The fraction of sp³-hybridized carbons (Fsp3) is 0.163. The summed E-state index contributed by atoms with van der Waals surface area (Å²) in [6.45, 7) is 8.87. The molecule has 1 aliphatic rings. The van der Waals surface area contributed by atoms with Crippen molar-refractivity contribution in [3.8, 4) is 65.3 Å². The highest BCUT2D eigenvalue weighted by Gasteiger charge is 2.23. The summed E-state index contributed by atoms with van der Waals surface area (Å²) in [4.78, 5) is 132. The van der Waals surface area contributed by atoms with E-state index in [2.05, 4.69) is 99.7 Å². The summed E-state index contributed by atoms with van der Waals surface area (Å²) in [5, 5.41) is 27.1. The van der Waals surface area contributed by atoms with E-state index in [1.54, 1.807) is 109 Å². The average molecular weight is 1950 g/mol. The van der Waals surface area contributed by atoms with Gasteiger partial charge >= 0.3 is 12.0 Å². The third-order valence-corrected chi connectivity index (χ3v) is 25.6. The molecule has 0 radical (unpaired) electrons. The second kappa shape index (κ2) is 49.7. The van der Waals surface area contributed by atoms with Crippen molar-refractivity contribution in [2.24, 2.45) is 5.73 Å². The number of urea groups is 1. The van der Waals surface area contributed by atoms with E-state index in [1.807, 2.05) is 236 Å². The Morgan fingerprint density at radius 3 is 1.13 bits per heavy atom. The Kier molecular flexibility index (Phi) is 35.3. The monoisotopic (exact) mass is 1950 g/mol. The molecule has 0 bridgehead atoms. The van der Waals surface area contributed by atoms with Crippen molar-refractivity contribution in [1.29, 1.82) is 0 Å². The number of likely N-dealkylation sites (N-methyl/N-ethyl adjacent to an activating group) is 1. The summed E-state index contributed by atoms with van der Waals surface area (Å²) in [5.74, 6) is 3.87. The molecule has 1 saturated heterocycles. The van der Waals surface area contributed by atoms with Crippen LogP contribution in [0.25, 0.3) is 42.3 Å². The van der Waals surface area contributed by atoms with E-state index < -0.39 is 6.03 Å². The van der Waals surface area contributed by atoms with Crippen LogP contribution in [0, 0.1) is 0 Å². The van der Waals surface area contributed by atoms with Crippen LogP contribution in [0.5, 0.6) is 23.0 Å². The zero-order valence-corrected chi connectivity index (χ0v) is 80.6. The van der Waals surface area contributed by atoms with E-state index in [4.69, 9.17) is 29.4 Å². The normalized spacial score (nSPS) is 11.6. The Labute approximate surface area is 824 Å². The van der Waals surface area contributed by atoms with E-state index in [1.165, 1.54) is 45.3 Å². The number of ether oxygens (including phenoxy) is 5. The standard InChI is InChI=1S/C29H30N6O3S.C26H24N4O4S.C25H24N6O3S.C24H22N4O2S/c1-34-14-16-35(17-15-34)28(37)21-6-8-22(9-7-21)32-29-30-13-12-24(33-29)25-10-11-26(39-25)27(36)31-19-20-4-3-5-23(18-20)38-2;1-3-34-25(32)18-7-5-8-19(15-18)29-26-27-13-12-21(30-26)22-10-11-23(35-22)24(31)28-16-17-6-4-9-20(14-17)33-2;1-34-19-4-2-3-17(13-19)15-28-23(32)22-10-9-21(35-22)20-11-12-27-25(31-20)30-18-7-5-16(6-8-18)14-29-24(26)33;1-16(17-6-4-3-5-7-17)26-23(29)22-13-12-21(31-22)20-14-15-25-24(28-20)27-18-8-10-19(30-2)11-9-18/h3-13,18H,14-17,19H2,1-2H3,(H,31,36)(H,30,32,33);4-15H,3,16H2,1-2H3,(H,28,31)(H,27,29,30);2-13H,14-15H2,1H3,(H,28,32)(H3,26,29,33)(H,27,30,31);3-16H,1-2H3,(H,26,29)(H,25,27,28)/t;;;16-/m...0/s1. The van der Waals surface area contributed by atoms with Crippen LogP contribution < -0.4 is 72.5 Å². The molecule has 11 N–H and O–H groups in total. The molecule has 16 aromatic rings. The summed E-state index contributed by atoms with van der Waals surface area (Å²) in [7, 11) is 8.54. The molecule has 0 spiro atoms. The maximum atomic E-state index is 12.8. The van der Waals surface area contributed by atoms with Crippen LogP contribution in [0.4, 0.5) is 51.3 Å². The average Bonchev–Trinajstić information content (AvgIpc) is 1.58. The lowest BCUT2D eigenvalue weighted by molar-refractivity contribution is 0.0525. The number of esters is 1. The van der Waals surface area contributed by atoms with Crippen molar-refractivity contribution in [3.05, 3.63) is 356 Å². The number of hydrogen-bond acceptors (Lipinski definition) is 29. The maximum absolute atomic E-state index is 12.8. The summed E-state index contributed by atoms with van der Waals surface area (Å²) in [6, 6.07) is 83.3. The van der Waals surface area contributed by atoms with Crippen LogP contribution in [0.15, 0.2) is 298 Å². The topological polar surface area (TPSA) is 410 Å². The predicted molar refractivity (Wildman–Crippen MR) is 547 cm³/mol. The van der Waals surface area contributed by atoms with Crippen molar-refractivity contribution in [2.75, 3.05) is 89.5 Å². The molecule has 9 heterocycles. The third kappa shape index (κ3) is 29.0. The molecule has 0 aliphatic carbocycles. The van der Waals surface area contributed by atoms with Crippen molar-refractivity contribution in [1.82, 2.24) is 76.3 Å². The van der Waals surface area contributed by atoms with E-state index in [9.17, 15) is 33.6 Å². The molecule has 17 rings (SSSR count). The predicted octanol–water partition coefficient (Wildman–Crippen LogP) is 18.8. The highest BCUT2D eigenvalue weighted by atomic mass is 32.1. The molecule has 32 nitrogen and oxygen atoms in total. The van der Waals surface area contributed by atoms with E-state index in [-0.39, 0.29) is 41.5 Å². The molecule has 8 aromatic heterocycles. The highest BCUT2D eigenvalue weighted by molar-refractivity contribution is 7.18. The Morgan fingerprint density at radius 1 is 0.364 bits per heavy atom. The van der Waals surface area contributed by atoms with Gasteiger partial charge < -0.3 is 87.1 Å². The molecular formula is C104H100N20O12S4. The second-order valence-electron chi connectivity index (χ2n) is 31.0. The lowest BCUT2D eigenvalue weighted by Gasteiger charge is -2.32. The number of carbonyl (C=O) groups is 7. The number of nitrogens with two attached hydrogens (primary N) is 1.